The number of ether oxygens (including phenoxy) is 1. The van der Waals surface area contributed by atoms with Crippen LogP contribution in [0.15, 0.2) is 67.3 Å². The molecule has 1 aliphatic carbocycles. The lowest BCUT2D eigenvalue weighted by Crippen LogP contribution is -2.40. The normalized spacial score (nSPS) is 15.5. The molecule has 3 aromatic rings. The third kappa shape index (κ3) is 5.44. The first-order chi connectivity index (χ1) is 15.3. The van der Waals surface area contributed by atoms with Crippen LogP contribution in [-0.4, -0.2) is 38.5 Å². The Morgan fingerprint density at radius 1 is 1.22 bits per heavy atom. The van der Waals surface area contributed by atoms with Crippen LogP contribution >= 0.6 is 0 Å². The lowest BCUT2D eigenvalue weighted by molar-refractivity contribution is 0.0566. The zero-order valence-corrected chi connectivity index (χ0v) is 18.7. The molecule has 1 aromatic heterocycles. The zero-order chi connectivity index (χ0) is 22.7. The van der Waals surface area contributed by atoms with Crippen molar-refractivity contribution >= 4 is 0 Å². The molecule has 168 valence electrons. The van der Waals surface area contributed by atoms with Crippen molar-refractivity contribution in [1.82, 2.24) is 14.7 Å². The maximum Gasteiger partial charge on any atom is 0.222 e. The van der Waals surface area contributed by atoms with E-state index in [4.69, 9.17) is 9.84 Å². The van der Waals surface area contributed by atoms with Gasteiger partial charge in [-0.3, -0.25) is 4.90 Å². The Kier molecular flexibility index (Phi) is 6.44. The van der Waals surface area contributed by atoms with E-state index in [1.807, 2.05) is 37.4 Å². The van der Waals surface area contributed by atoms with Crippen molar-refractivity contribution in [3.8, 4) is 22.9 Å². The number of hydrogen-bond donors (Lipinski definition) is 1. The minimum absolute atomic E-state index is 0.310. The van der Waals surface area contributed by atoms with Gasteiger partial charge < -0.3 is 9.84 Å². The summed E-state index contributed by atoms with van der Waals surface area (Å²) < 4.78 is 21.3. The molecule has 0 aliphatic heterocycles. The van der Waals surface area contributed by atoms with Gasteiger partial charge in [-0.2, -0.15) is 5.10 Å². The minimum Gasteiger partial charge on any atom is -0.439 e. The summed E-state index contributed by atoms with van der Waals surface area (Å²) >= 11 is 0. The second-order valence-electron chi connectivity index (χ2n) is 8.85. The molecule has 0 radical (unpaired) electrons. The quantitative estimate of drug-likeness (QED) is 0.447. The van der Waals surface area contributed by atoms with Gasteiger partial charge in [0.1, 0.15) is 17.3 Å². The first-order valence-electron chi connectivity index (χ1n) is 11.0. The van der Waals surface area contributed by atoms with Crippen LogP contribution in [0, 0.1) is 11.7 Å². The fraction of sp³-hybridized carbons (Fsp3) is 0.346. The summed E-state index contributed by atoms with van der Waals surface area (Å²) in [6.07, 6.45) is 4.01. The van der Waals surface area contributed by atoms with Gasteiger partial charge in [-0.1, -0.05) is 36.4 Å². The first-order valence-corrected chi connectivity index (χ1v) is 11.0. The van der Waals surface area contributed by atoms with Crippen molar-refractivity contribution in [2.24, 2.45) is 13.0 Å². The summed E-state index contributed by atoms with van der Waals surface area (Å²) in [4.78, 5) is 2.25. The summed E-state index contributed by atoms with van der Waals surface area (Å²) in [6.45, 7) is 7.48. The molecule has 6 heteroatoms. The molecule has 0 saturated heterocycles. The molecule has 0 bridgehead atoms. The molecule has 0 amide bonds. The van der Waals surface area contributed by atoms with Crippen LogP contribution in [0.1, 0.15) is 25.3 Å². The van der Waals surface area contributed by atoms with E-state index in [1.165, 1.54) is 25.0 Å². The number of rotatable bonds is 10. The Morgan fingerprint density at radius 2 is 1.91 bits per heavy atom. The summed E-state index contributed by atoms with van der Waals surface area (Å²) in [6, 6.07) is 16.0. The van der Waals surface area contributed by atoms with E-state index >= 15 is 0 Å². The third-order valence-electron chi connectivity index (χ3n) is 5.74. The molecule has 5 nitrogen and oxygen atoms in total. The molecule has 1 N–H and O–H groups in total. The van der Waals surface area contributed by atoms with E-state index in [0.717, 1.165) is 23.4 Å². The van der Waals surface area contributed by atoms with E-state index < -0.39 is 5.60 Å². The maximum absolute atomic E-state index is 13.4. The van der Waals surface area contributed by atoms with Gasteiger partial charge in [0, 0.05) is 32.2 Å². The first kappa shape index (κ1) is 22.2. The summed E-state index contributed by atoms with van der Waals surface area (Å²) in [7, 11) is 1.85. The van der Waals surface area contributed by atoms with Crippen molar-refractivity contribution in [3.63, 3.8) is 0 Å². The van der Waals surface area contributed by atoms with Crippen molar-refractivity contribution in [1.29, 1.82) is 0 Å². The summed E-state index contributed by atoms with van der Waals surface area (Å²) in [5.41, 5.74) is 1.77. The van der Waals surface area contributed by atoms with E-state index in [-0.39, 0.29) is 5.82 Å². The Morgan fingerprint density at radius 3 is 2.53 bits per heavy atom. The van der Waals surface area contributed by atoms with Gasteiger partial charge in [-0.05, 0) is 49.9 Å². The van der Waals surface area contributed by atoms with Crippen molar-refractivity contribution in [2.75, 3.05) is 13.1 Å². The average Bonchev–Trinajstić information content (AvgIpc) is 3.54. The van der Waals surface area contributed by atoms with Gasteiger partial charge in [-0.15, -0.1) is 6.58 Å². The third-order valence-corrected chi connectivity index (χ3v) is 5.74. The number of hydrogen-bond acceptors (Lipinski definition) is 4. The molecule has 2 aromatic carbocycles. The smallest absolute Gasteiger partial charge is 0.222 e. The molecule has 1 fully saturated rings. The van der Waals surface area contributed by atoms with E-state index in [2.05, 4.69) is 11.5 Å². The molecule has 32 heavy (non-hydrogen) atoms. The monoisotopic (exact) mass is 435 g/mol. The van der Waals surface area contributed by atoms with Crippen LogP contribution in [0.25, 0.3) is 11.3 Å². The number of nitrogens with zero attached hydrogens (tertiary/aromatic N) is 3. The van der Waals surface area contributed by atoms with E-state index in [1.54, 1.807) is 29.8 Å². The highest BCUT2D eigenvalue weighted by atomic mass is 19.1. The second-order valence-corrected chi connectivity index (χ2v) is 8.85. The second kappa shape index (κ2) is 9.27. The fourth-order valence-electron chi connectivity index (χ4n) is 3.86. The van der Waals surface area contributed by atoms with Crippen molar-refractivity contribution in [2.45, 2.75) is 31.9 Å². The predicted molar refractivity (Wildman–Crippen MR) is 124 cm³/mol. The van der Waals surface area contributed by atoms with Crippen LogP contribution in [0.3, 0.4) is 0 Å². The Balaban J connectivity index is 1.72. The zero-order valence-electron chi connectivity index (χ0n) is 18.7. The Bertz CT molecular complexity index is 1060. The fourth-order valence-corrected chi connectivity index (χ4v) is 3.86. The number of aryl methyl sites for hydroxylation is 1. The van der Waals surface area contributed by atoms with Gasteiger partial charge in [0.15, 0.2) is 0 Å². The molecule has 1 atom stereocenters. The highest BCUT2D eigenvalue weighted by molar-refractivity contribution is 5.65. The van der Waals surface area contributed by atoms with Gasteiger partial charge in [0.25, 0.3) is 0 Å². The highest BCUT2D eigenvalue weighted by Crippen LogP contribution is 2.36. The molecule has 0 spiro atoms. The number of benzene rings is 2. The number of aliphatic hydroxyl groups is 1. The van der Waals surface area contributed by atoms with E-state index in [0.29, 0.717) is 30.6 Å². The topological polar surface area (TPSA) is 50.5 Å². The van der Waals surface area contributed by atoms with Gasteiger partial charge in [0.05, 0.1) is 11.2 Å². The van der Waals surface area contributed by atoms with Crippen LogP contribution in [-0.2, 0) is 13.6 Å². The maximum atomic E-state index is 13.4. The number of aromatic nitrogens is 2. The molecule has 1 unspecified atom stereocenters. The van der Waals surface area contributed by atoms with Gasteiger partial charge in [-0.25, -0.2) is 9.07 Å². The van der Waals surface area contributed by atoms with Gasteiger partial charge >= 0.3 is 0 Å². The van der Waals surface area contributed by atoms with Gasteiger partial charge in [0.2, 0.25) is 5.88 Å². The highest BCUT2D eigenvalue weighted by Gasteiger charge is 2.30. The Labute approximate surface area is 188 Å². The van der Waals surface area contributed by atoms with Crippen molar-refractivity contribution < 1.29 is 14.2 Å². The molecular formula is C26H30FN3O2. The predicted octanol–water partition coefficient (Wildman–Crippen LogP) is 5.17. The average molecular weight is 436 g/mol. The molecule has 1 heterocycles. The summed E-state index contributed by atoms with van der Waals surface area (Å²) in [5.74, 6) is 1.49. The van der Waals surface area contributed by atoms with Crippen LogP contribution in [0.2, 0.25) is 0 Å². The standard InChI is InChI=1S/C26H30FN3O2/c1-4-26(2,31)18-30(16-19-10-11-19)17-23-24(20-8-6-5-7-9-20)28-29(3)25(23)32-22-14-12-21(27)13-15-22/h4-9,12-15,19,31H,1,10-11,16-18H2,2-3H3. The minimum atomic E-state index is -0.998. The summed E-state index contributed by atoms with van der Waals surface area (Å²) in [5, 5.41) is 15.4. The molecule has 1 aliphatic rings. The number of halogens is 1. The van der Waals surface area contributed by atoms with Crippen molar-refractivity contribution in [3.05, 3.63) is 78.6 Å². The molecule has 4 rings (SSSR count). The van der Waals surface area contributed by atoms with Crippen LogP contribution in [0.4, 0.5) is 4.39 Å². The lowest BCUT2D eigenvalue weighted by Gasteiger charge is -2.30. The van der Waals surface area contributed by atoms with Crippen LogP contribution in [0.5, 0.6) is 11.6 Å². The van der Waals surface area contributed by atoms with Crippen LogP contribution < -0.4 is 4.74 Å². The molecule has 1 saturated carbocycles. The molecular weight excluding hydrogens is 405 g/mol. The SMILES string of the molecule is C=CC(C)(O)CN(Cc1c(-c2ccccc2)nn(C)c1Oc1ccc(F)cc1)CC1CC1. The largest absolute Gasteiger partial charge is 0.439 e. The van der Waals surface area contributed by atoms with E-state index in [9.17, 15) is 9.50 Å². The lowest BCUT2D eigenvalue weighted by atomic mass is 10.0. The Hall–Kier alpha value is -2.96.